The van der Waals surface area contributed by atoms with Crippen molar-refractivity contribution in [3.05, 3.63) is 35.9 Å². The van der Waals surface area contributed by atoms with Crippen LogP contribution in [0.15, 0.2) is 30.3 Å². The van der Waals surface area contributed by atoms with Gasteiger partial charge in [-0.05, 0) is 18.4 Å². The molecule has 2 heterocycles. The highest BCUT2D eigenvalue weighted by atomic mass is 16.2. The number of likely N-dealkylation sites (tertiary alicyclic amines) is 1. The number of carbonyl (C=O) groups is 2. The van der Waals surface area contributed by atoms with Crippen molar-refractivity contribution in [2.75, 3.05) is 32.7 Å². The Labute approximate surface area is 144 Å². The number of hydrogen-bond acceptors (Lipinski definition) is 3. The molecular formula is C19H27N3O2. The smallest absolute Gasteiger partial charge is 0.236 e. The van der Waals surface area contributed by atoms with Gasteiger partial charge in [-0.2, -0.15) is 0 Å². The third-order valence-electron chi connectivity index (χ3n) is 5.02. The van der Waals surface area contributed by atoms with E-state index in [1.165, 1.54) is 12.8 Å². The highest BCUT2D eigenvalue weighted by Gasteiger charge is 2.29. The number of hydrogen-bond donors (Lipinski definition) is 1. The first-order chi connectivity index (χ1) is 11.7. The van der Waals surface area contributed by atoms with Gasteiger partial charge in [0, 0.05) is 38.6 Å². The van der Waals surface area contributed by atoms with Crippen LogP contribution in [-0.4, -0.2) is 54.3 Å². The molecule has 0 aliphatic carbocycles. The van der Waals surface area contributed by atoms with Crippen molar-refractivity contribution in [1.29, 1.82) is 0 Å². The topological polar surface area (TPSA) is 52.7 Å². The number of rotatable bonds is 3. The van der Waals surface area contributed by atoms with Crippen LogP contribution in [0.4, 0.5) is 0 Å². The minimum atomic E-state index is -0.0235. The highest BCUT2D eigenvalue weighted by molar-refractivity contribution is 5.79. The lowest BCUT2D eigenvalue weighted by atomic mass is 10.0. The molecule has 0 unspecified atom stereocenters. The molecule has 0 saturated carbocycles. The zero-order valence-electron chi connectivity index (χ0n) is 14.2. The fourth-order valence-corrected chi connectivity index (χ4v) is 3.66. The Balaban J connectivity index is 1.72. The average Bonchev–Trinajstić information content (AvgIpc) is 2.97. The van der Waals surface area contributed by atoms with Gasteiger partial charge in [0.15, 0.2) is 0 Å². The molecule has 24 heavy (non-hydrogen) atoms. The van der Waals surface area contributed by atoms with Crippen molar-refractivity contribution in [3.8, 4) is 0 Å². The Hall–Kier alpha value is -1.88. The highest BCUT2D eigenvalue weighted by Crippen LogP contribution is 2.25. The van der Waals surface area contributed by atoms with Gasteiger partial charge in [-0.25, -0.2) is 0 Å². The number of benzene rings is 1. The molecule has 2 saturated heterocycles. The summed E-state index contributed by atoms with van der Waals surface area (Å²) in [7, 11) is 0. The van der Waals surface area contributed by atoms with Gasteiger partial charge in [0.05, 0.1) is 6.54 Å². The molecule has 0 radical (unpaired) electrons. The number of nitrogens with zero attached hydrogens (tertiary/aromatic N) is 2. The lowest BCUT2D eigenvalue weighted by Gasteiger charge is -2.31. The number of carbonyl (C=O) groups excluding carboxylic acids is 2. The molecule has 1 atom stereocenters. The van der Waals surface area contributed by atoms with E-state index in [0.29, 0.717) is 26.1 Å². The maximum absolute atomic E-state index is 12.8. The van der Waals surface area contributed by atoms with Gasteiger partial charge in [0.1, 0.15) is 0 Å². The zero-order valence-corrected chi connectivity index (χ0v) is 14.2. The second-order valence-corrected chi connectivity index (χ2v) is 6.75. The molecule has 3 rings (SSSR count). The Morgan fingerprint density at radius 2 is 1.75 bits per heavy atom. The first-order valence-corrected chi connectivity index (χ1v) is 9.07. The van der Waals surface area contributed by atoms with Gasteiger partial charge >= 0.3 is 0 Å². The van der Waals surface area contributed by atoms with E-state index >= 15 is 0 Å². The number of amides is 2. The van der Waals surface area contributed by atoms with E-state index in [9.17, 15) is 9.59 Å². The van der Waals surface area contributed by atoms with E-state index < -0.39 is 0 Å². The minimum absolute atomic E-state index is 0.0235. The standard InChI is InChI=1S/C19H27N3O2/c23-18-14-17(16-8-4-3-5-9-16)22(13-10-20-18)15-19(24)21-11-6-1-2-7-12-21/h3-5,8-9,17H,1-2,6-7,10-15H2,(H,20,23)/t17-/m0/s1. The maximum Gasteiger partial charge on any atom is 0.236 e. The summed E-state index contributed by atoms with van der Waals surface area (Å²) in [6.07, 6.45) is 5.07. The van der Waals surface area contributed by atoms with Crippen LogP contribution in [0, 0.1) is 0 Å². The summed E-state index contributed by atoms with van der Waals surface area (Å²) >= 11 is 0. The van der Waals surface area contributed by atoms with E-state index in [1.54, 1.807) is 0 Å². The molecule has 5 heteroatoms. The molecule has 1 aromatic rings. The van der Waals surface area contributed by atoms with E-state index in [-0.39, 0.29) is 17.9 Å². The Bertz CT molecular complexity index is 553. The lowest BCUT2D eigenvalue weighted by molar-refractivity contribution is -0.133. The van der Waals surface area contributed by atoms with Crippen molar-refractivity contribution in [2.45, 2.75) is 38.1 Å². The van der Waals surface area contributed by atoms with Gasteiger partial charge in [0.25, 0.3) is 0 Å². The van der Waals surface area contributed by atoms with Crippen molar-refractivity contribution in [2.24, 2.45) is 0 Å². The monoisotopic (exact) mass is 329 g/mol. The van der Waals surface area contributed by atoms with Crippen LogP contribution in [0.1, 0.15) is 43.7 Å². The Kier molecular flexibility index (Phi) is 5.86. The predicted octanol–water partition coefficient (Wildman–Crippen LogP) is 1.95. The molecule has 0 aromatic heterocycles. The van der Waals surface area contributed by atoms with E-state index in [2.05, 4.69) is 10.2 Å². The summed E-state index contributed by atoms with van der Waals surface area (Å²) in [4.78, 5) is 29.0. The molecule has 0 spiro atoms. The zero-order chi connectivity index (χ0) is 16.8. The maximum atomic E-state index is 12.8. The summed E-state index contributed by atoms with van der Waals surface area (Å²) in [5.41, 5.74) is 1.11. The molecule has 2 fully saturated rings. The molecule has 1 N–H and O–H groups in total. The lowest BCUT2D eigenvalue weighted by Crippen LogP contribution is -2.43. The van der Waals surface area contributed by atoms with Crippen molar-refractivity contribution in [3.63, 3.8) is 0 Å². The third-order valence-corrected chi connectivity index (χ3v) is 5.02. The molecule has 2 aliphatic rings. The predicted molar refractivity (Wildman–Crippen MR) is 93.4 cm³/mol. The van der Waals surface area contributed by atoms with Crippen LogP contribution < -0.4 is 5.32 Å². The summed E-state index contributed by atoms with van der Waals surface area (Å²) < 4.78 is 0. The molecule has 1 aromatic carbocycles. The molecule has 130 valence electrons. The fourth-order valence-electron chi connectivity index (χ4n) is 3.66. The SMILES string of the molecule is O=C1C[C@@H](c2ccccc2)N(CC(=O)N2CCCCCC2)CCN1. The number of nitrogens with one attached hydrogen (secondary N) is 1. The Morgan fingerprint density at radius 1 is 1.04 bits per heavy atom. The van der Waals surface area contributed by atoms with Crippen LogP contribution in [0.25, 0.3) is 0 Å². The van der Waals surface area contributed by atoms with Crippen LogP contribution in [0.5, 0.6) is 0 Å². The summed E-state index contributed by atoms with van der Waals surface area (Å²) in [5, 5.41) is 2.93. The molecule has 2 amide bonds. The van der Waals surface area contributed by atoms with E-state index in [1.807, 2.05) is 35.2 Å². The second kappa shape index (κ2) is 8.29. The van der Waals surface area contributed by atoms with Crippen LogP contribution in [0.2, 0.25) is 0 Å². The molecule has 5 nitrogen and oxygen atoms in total. The van der Waals surface area contributed by atoms with Crippen molar-refractivity contribution >= 4 is 11.8 Å². The average molecular weight is 329 g/mol. The minimum Gasteiger partial charge on any atom is -0.355 e. The van der Waals surface area contributed by atoms with Crippen molar-refractivity contribution in [1.82, 2.24) is 15.1 Å². The second-order valence-electron chi connectivity index (χ2n) is 6.75. The van der Waals surface area contributed by atoms with Gasteiger partial charge in [-0.15, -0.1) is 0 Å². The van der Waals surface area contributed by atoms with Crippen LogP contribution in [-0.2, 0) is 9.59 Å². The Morgan fingerprint density at radius 3 is 2.46 bits per heavy atom. The third kappa shape index (κ3) is 4.35. The molecule has 2 aliphatic heterocycles. The summed E-state index contributed by atoms with van der Waals surface area (Å²) in [5.74, 6) is 0.265. The van der Waals surface area contributed by atoms with E-state index in [0.717, 1.165) is 31.5 Å². The normalized spacial score (nSPS) is 23.2. The quantitative estimate of drug-likeness (QED) is 0.922. The first kappa shape index (κ1) is 17.0. The molecule has 0 bridgehead atoms. The van der Waals surface area contributed by atoms with Crippen molar-refractivity contribution < 1.29 is 9.59 Å². The van der Waals surface area contributed by atoms with Gasteiger partial charge in [-0.3, -0.25) is 14.5 Å². The first-order valence-electron chi connectivity index (χ1n) is 9.07. The summed E-state index contributed by atoms with van der Waals surface area (Å²) in [6, 6.07) is 10.0. The van der Waals surface area contributed by atoms with Gasteiger partial charge < -0.3 is 10.2 Å². The van der Waals surface area contributed by atoms with Crippen LogP contribution in [0.3, 0.4) is 0 Å². The molecular weight excluding hydrogens is 302 g/mol. The largest absolute Gasteiger partial charge is 0.355 e. The van der Waals surface area contributed by atoms with Crippen LogP contribution >= 0.6 is 0 Å². The fraction of sp³-hybridized carbons (Fsp3) is 0.579. The van der Waals surface area contributed by atoms with E-state index in [4.69, 9.17) is 0 Å². The van der Waals surface area contributed by atoms with Gasteiger partial charge in [0.2, 0.25) is 11.8 Å². The van der Waals surface area contributed by atoms with Gasteiger partial charge in [-0.1, -0.05) is 43.2 Å². The summed E-state index contributed by atoms with van der Waals surface area (Å²) in [6.45, 7) is 3.47.